The van der Waals surface area contributed by atoms with Crippen LogP contribution in [0.4, 0.5) is 0 Å². The molecular weight excluding hydrogens is 372 g/mol. The summed E-state index contributed by atoms with van der Waals surface area (Å²) in [4.78, 5) is 0. The predicted molar refractivity (Wildman–Crippen MR) is 114 cm³/mol. The van der Waals surface area contributed by atoms with E-state index in [0.29, 0.717) is 13.2 Å². The lowest BCUT2D eigenvalue weighted by Gasteiger charge is -2.38. The van der Waals surface area contributed by atoms with Crippen molar-refractivity contribution in [3.63, 3.8) is 0 Å². The number of rotatable bonds is 14. The SMILES string of the molecule is CCCSCC(O)COCCC[Si](C)(O[Si](C)(C)C)O[Si](C)(C)C. The molecule has 0 radical (unpaired) electrons. The molecule has 0 aliphatic heterocycles. The Morgan fingerprint density at radius 2 is 1.50 bits per heavy atom. The van der Waals surface area contributed by atoms with Crippen LogP contribution in [-0.4, -0.2) is 61.1 Å². The summed E-state index contributed by atoms with van der Waals surface area (Å²) in [7, 11) is -5.39. The standard InChI is InChI=1S/C16H40O4SSi3/c1-9-12-21-15-16(17)14-18-11-10-13-24(8,19-22(2,3)4)20-23(5,6)7/h16-17H,9-15H2,1-8H3. The summed E-state index contributed by atoms with van der Waals surface area (Å²) in [6.07, 6.45) is 1.73. The highest BCUT2D eigenvalue weighted by molar-refractivity contribution is 7.99. The van der Waals surface area contributed by atoms with Gasteiger partial charge in [-0.05, 0) is 70.5 Å². The molecule has 0 heterocycles. The van der Waals surface area contributed by atoms with Crippen molar-refractivity contribution >= 4 is 37.0 Å². The molecule has 0 fully saturated rings. The number of aliphatic hydroxyl groups is 1. The quantitative estimate of drug-likeness (QED) is 0.332. The van der Waals surface area contributed by atoms with Crippen LogP contribution in [0.1, 0.15) is 19.8 Å². The molecule has 0 aromatic heterocycles. The van der Waals surface area contributed by atoms with Gasteiger partial charge in [-0.3, -0.25) is 0 Å². The summed E-state index contributed by atoms with van der Waals surface area (Å²) in [5.74, 6) is 1.86. The monoisotopic (exact) mass is 412 g/mol. The molecule has 0 spiro atoms. The Hall–Kier alpha value is 0.841. The predicted octanol–water partition coefficient (Wildman–Crippen LogP) is 4.67. The van der Waals surface area contributed by atoms with Gasteiger partial charge >= 0.3 is 8.56 Å². The van der Waals surface area contributed by atoms with Crippen molar-refractivity contribution in [3.05, 3.63) is 0 Å². The van der Waals surface area contributed by atoms with E-state index < -0.39 is 25.2 Å². The summed E-state index contributed by atoms with van der Waals surface area (Å²) < 4.78 is 18.6. The minimum atomic E-state index is -2.15. The first-order valence-corrected chi connectivity index (χ1v) is 19.6. The number of hydrogen-bond donors (Lipinski definition) is 1. The van der Waals surface area contributed by atoms with Gasteiger partial charge in [0.25, 0.3) is 0 Å². The number of hydrogen-bond acceptors (Lipinski definition) is 5. The van der Waals surface area contributed by atoms with Crippen LogP contribution in [0, 0.1) is 0 Å². The van der Waals surface area contributed by atoms with Crippen LogP contribution < -0.4 is 0 Å². The highest BCUT2D eigenvalue weighted by Crippen LogP contribution is 2.25. The summed E-state index contributed by atoms with van der Waals surface area (Å²) in [5, 5.41) is 9.87. The lowest BCUT2D eigenvalue weighted by Crippen LogP contribution is -2.52. The fraction of sp³-hybridized carbons (Fsp3) is 1.00. The Morgan fingerprint density at radius 1 is 0.958 bits per heavy atom. The second kappa shape index (κ2) is 11.5. The third-order valence-corrected chi connectivity index (χ3v) is 13.9. The minimum absolute atomic E-state index is 0.360. The van der Waals surface area contributed by atoms with E-state index in [1.54, 1.807) is 11.8 Å². The van der Waals surface area contributed by atoms with Crippen LogP contribution in [-0.2, 0) is 13.0 Å². The van der Waals surface area contributed by atoms with Crippen LogP contribution in [0.2, 0.25) is 51.9 Å². The molecule has 0 aliphatic carbocycles. The Bertz CT molecular complexity index is 316. The summed E-state index contributed by atoms with van der Waals surface area (Å²) in [6, 6.07) is 0.961. The highest BCUT2D eigenvalue weighted by Gasteiger charge is 2.39. The summed E-state index contributed by atoms with van der Waals surface area (Å²) >= 11 is 1.79. The van der Waals surface area contributed by atoms with Gasteiger partial charge in [0.2, 0.25) is 0 Å². The molecule has 0 rings (SSSR count). The van der Waals surface area contributed by atoms with Crippen molar-refractivity contribution < 1.29 is 18.1 Å². The molecule has 8 heteroatoms. The maximum atomic E-state index is 9.87. The third-order valence-electron chi connectivity index (χ3n) is 2.93. The van der Waals surface area contributed by atoms with E-state index in [1.807, 2.05) is 0 Å². The van der Waals surface area contributed by atoms with Gasteiger partial charge in [0.15, 0.2) is 16.6 Å². The summed E-state index contributed by atoms with van der Waals surface area (Å²) in [5.41, 5.74) is 0. The average Bonchev–Trinajstić information content (AvgIpc) is 2.33. The van der Waals surface area contributed by atoms with Gasteiger partial charge in [-0.15, -0.1) is 0 Å². The van der Waals surface area contributed by atoms with Gasteiger partial charge < -0.3 is 18.1 Å². The fourth-order valence-electron chi connectivity index (χ4n) is 2.54. The van der Waals surface area contributed by atoms with Gasteiger partial charge in [-0.1, -0.05) is 6.92 Å². The van der Waals surface area contributed by atoms with Gasteiger partial charge in [-0.2, -0.15) is 11.8 Å². The van der Waals surface area contributed by atoms with E-state index in [0.717, 1.165) is 30.4 Å². The lowest BCUT2D eigenvalue weighted by molar-refractivity contribution is 0.0484. The Labute approximate surface area is 157 Å². The zero-order valence-corrected chi connectivity index (χ0v) is 20.9. The Kier molecular flexibility index (Phi) is 11.9. The largest absolute Gasteiger partial charge is 0.437 e. The number of ether oxygens (including phenoxy) is 1. The van der Waals surface area contributed by atoms with Crippen molar-refractivity contribution in [2.75, 3.05) is 24.7 Å². The topological polar surface area (TPSA) is 47.9 Å². The van der Waals surface area contributed by atoms with Gasteiger partial charge in [0, 0.05) is 12.4 Å². The first kappa shape index (κ1) is 24.8. The van der Waals surface area contributed by atoms with Crippen LogP contribution >= 0.6 is 11.8 Å². The van der Waals surface area contributed by atoms with E-state index in [2.05, 4.69) is 52.8 Å². The van der Waals surface area contributed by atoms with Crippen molar-refractivity contribution in [1.29, 1.82) is 0 Å². The van der Waals surface area contributed by atoms with Crippen LogP contribution in [0.25, 0.3) is 0 Å². The Morgan fingerprint density at radius 3 is 1.96 bits per heavy atom. The molecule has 0 bridgehead atoms. The molecule has 0 aliphatic rings. The van der Waals surface area contributed by atoms with Crippen LogP contribution in [0.5, 0.6) is 0 Å². The molecule has 0 amide bonds. The fourth-order valence-corrected chi connectivity index (χ4v) is 15.9. The van der Waals surface area contributed by atoms with E-state index in [4.69, 9.17) is 13.0 Å². The van der Waals surface area contributed by atoms with Gasteiger partial charge in [-0.25, -0.2) is 0 Å². The molecule has 4 nitrogen and oxygen atoms in total. The zero-order valence-electron chi connectivity index (χ0n) is 17.1. The maximum Gasteiger partial charge on any atom is 0.314 e. The van der Waals surface area contributed by atoms with Crippen LogP contribution in [0.15, 0.2) is 0 Å². The van der Waals surface area contributed by atoms with Crippen molar-refractivity contribution in [3.8, 4) is 0 Å². The van der Waals surface area contributed by atoms with E-state index in [1.165, 1.54) is 0 Å². The smallest absolute Gasteiger partial charge is 0.314 e. The molecule has 0 saturated heterocycles. The molecule has 1 unspecified atom stereocenters. The van der Waals surface area contributed by atoms with Crippen molar-refractivity contribution in [1.82, 2.24) is 0 Å². The first-order chi connectivity index (χ1) is 10.9. The summed E-state index contributed by atoms with van der Waals surface area (Å²) in [6.45, 7) is 18.8. The molecule has 0 saturated carbocycles. The number of thioether (sulfide) groups is 1. The molecule has 1 N–H and O–H groups in total. The normalized spacial score (nSPS) is 14.9. The second-order valence-electron chi connectivity index (χ2n) is 8.47. The highest BCUT2D eigenvalue weighted by atomic mass is 32.2. The maximum absolute atomic E-state index is 9.87. The van der Waals surface area contributed by atoms with Crippen LogP contribution in [0.3, 0.4) is 0 Å². The van der Waals surface area contributed by atoms with E-state index in [9.17, 15) is 5.11 Å². The van der Waals surface area contributed by atoms with Gasteiger partial charge in [0.1, 0.15) is 0 Å². The van der Waals surface area contributed by atoms with E-state index >= 15 is 0 Å². The molecule has 24 heavy (non-hydrogen) atoms. The van der Waals surface area contributed by atoms with E-state index in [-0.39, 0.29) is 6.10 Å². The lowest BCUT2D eigenvalue weighted by atomic mass is 10.4. The third kappa shape index (κ3) is 15.1. The Balaban J connectivity index is 4.19. The van der Waals surface area contributed by atoms with Crippen molar-refractivity contribution in [2.24, 2.45) is 0 Å². The molecule has 1 atom stereocenters. The average molecular weight is 413 g/mol. The minimum Gasteiger partial charge on any atom is -0.437 e. The molecule has 0 aromatic carbocycles. The zero-order chi connectivity index (χ0) is 18.9. The number of aliphatic hydroxyl groups excluding tert-OH is 1. The molecule has 0 aromatic rings. The molecule has 146 valence electrons. The molecular formula is C16H40O4SSi3. The second-order valence-corrected chi connectivity index (χ2v) is 22.5. The van der Waals surface area contributed by atoms with Crippen molar-refractivity contribution in [2.45, 2.75) is 77.7 Å². The first-order valence-electron chi connectivity index (χ1n) is 9.11. The van der Waals surface area contributed by atoms with Gasteiger partial charge in [0.05, 0.1) is 12.7 Å².